The molecule has 0 spiro atoms. The lowest BCUT2D eigenvalue weighted by Gasteiger charge is -2.22. The second-order valence-corrected chi connectivity index (χ2v) is 12.9. The van der Waals surface area contributed by atoms with E-state index in [-0.39, 0.29) is 24.2 Å². The molecular formula is C50H32O. The van der Waals surface area contributed by atoms with Crippen LogP contribution in [0.4, 0.5) is 0 Å². The molecule has 1 aromatic heterocycles. The van der Waals surface area contributed by atoms with Gasteiger partial charge in [0.15, 0.2) is 0 Å². The number of hydrogen-bond donors (Lipinski definition) is 0. The summed E-state index contributed by atoms with van der Waals surface area (Å²) in [5.74, 6) is 0. The van der Waals surface area contributed by atoms with Crippen LogP contribution in [-0.2, 0) is 0 Å². The van der Waals surface area contributed by atoms with Crippen molar-refractivity contribution in [2.75, 3.05) is 0 Å². The Bertz CT molecular complexity index is 3060. The van der Waals surface area contributed by atoms with E-state index in [1.807, 2.05) is 78.9 Å². The number of furan rings is 1. The van der Waals surface area contributed by atoms with Crippen LogP contribution in [0.2, 0.25) is 0 Å². The largest absolute Gasteiger partial charge is 0.456 e. The van der Waals surface area contributed by atoms with Crippen molar-refractivity contribution >= 4 is 43.5 Å². The molecule has 0 unspecified atom stereocenters. The van der Waals surface area contributed by atoms with Gasteiger partial charge in [0.25, 0.3) is 0 Å². The summed E-state index contributed by atoms with van der Waals surface area (Å²) in [6.45, 7) is 0. The van der Waals surface area contributed by atoms with Gasteiger partial charge in [0.1, 0.15) is 11.2 Å². The van der Waals surface area contributed by atoms with Crippen LogP contribution in [0.25, 0.3) is 99.1 Å². The molecule has 0 aliphatic rings. The van der Waals surface area contributed by atoms with Crippen molar-refractivity contribution in [1.29, 1.82) is 0 Å². The van der Waals surface area contributed by atoms with E-state index in [1.165, 1.54) is 0 Å². The predicted octanol–water partition coefficient (Wildman–Crippen LogP) is 14.2. The summed E-state index contributed by atoms with van der Waals surface area (Å²) in [4.78, 5) is 0. The van der Waals surface area contributed by atoms with Gasteiger partial charge in [0.05, 0.1) is 5.48 Å². The highest BCUT2D eigenvalue weighted by Gasteiger charge is 2.23. The lowest BCUT2D eigenvalue weighted by molar-refractivity contribution is 0.669. The van der Waals surface area contributed by atoms with E-state index in [0.717, 1.165) is 82.8 Å². The average molecular weight is 653 g/mol. The van der Waals surface area contributed by atoms with Crippen LogP contribution in [0.5, 0.6) is 0 Å². The third-order valence-corrected chi connectivity index (χ3v) is 10.0. The minimum absolute atomic E-state index is 0.0726. The van der Waals surface area contributed by atoms with E-state index in [9.17, 15) is 2.74 Å². The summed E-state index contributed by atoms with van der Waals surface area (Å²) in [6.07, 6.45) is 0. The molecule has 0 aliphatic carbocycles. The number of hydrogen-bond acceptors (Lipinski definition) is 1. The van der Waals surface area contributed by atoms with E-state index in [4.69, 9.17) is 7.16 Å². The van der Waals surface area contributed by atoms with Gasteiger partial charge < -0.3 is 4.42 Å². The maximum atomic E-state index is 9.66. The van der Waals surface area contributed by atoms with E-state index < -0.39 is 0 Å². The Morgan fingerprint density at radius 3 is 1.51 bits per heavy atom. The van der Waals surface area contributed by atoms with Crippen molar-refractivity contribution in [3.8, 4) is 55.6 Å². The molecule has 9 aromatic carbocycles. The summed E-state index contributed by atoms with van der Waals surface area (Å²) in [6, 6.07) is 56.8. The smallest absolute Gasteiger partial charge is 0.136 e. The van der Waals surface area contributed by atoms with Crippen molar-refractivity contribution in [3.05, 3.63) is 194 Å². The van der Waals surface area contributed by atoms with Gasteiger partial charge in [-0.2, -0.15) is 0 Å². The molecule has 238 valence electrons. The standard InChI is InChI=1S/C50H32O/c1-4-16-33(17-5-1)36-30-31-43-46(32-36)51-45-29-15-28-44(48(43)45)47-39-22-10-12-24-41(39)50(42-25-13-11-23-40(42)47)49-37(34-18-6-2-7-19-34)26-14-27-38(49)35-20-8-3-9-21-35/h1-32H/i10D,12D,22D,24D. The minimum atomic E-state index is -0.267. The van der Waals surface area contributed by atoms with Crippen molar-refractivity contribution in [3.63, 3.8) is 0 Å². The molecule has 0 bridgehead atoms. The Balaban J connectivity index is 1.38. The van der Waals surface area contributed by atoms with E-state index in [1.54, 1.807) is 0 Å². The molecule has 1 heterocycles. The first-order valence-corrected chi connectivity index (χ1v) is 17.2. The molecule has 51 heavy (non-hydrogen) atoms. The summed E-state index contributed by atoms with van der Waals surface area (Å²) >= 11 is 0. The first-order valence-electron chi connectivity index (χ1n) is 19.2. The molecule has 1 nitrogen and oxygen atoms in total. The van der Waals surface area contributed by atoms with Gasteiger partial charge in [-0.3, -0.25) is 0 Å². The monoisotopic (exact) mass is 652 g/mol. The highest BCUT2D eigenvalue weighted by molar-refractivity contribution is 6.27. The summed E-state index contributed by atoms with van der Waals surface area (Å²) in [5.41, 5.74) is 10.9. The molecule has 0 saturated carbocycles. The number of benzene rings is 9. The van der Waals surface area contributed by atoms with E-state index in [0.29, 0.717) is 16.4 Å². The molecule has 1 heteroatoms. The molecule has 0 atom stereocenters. The second-order valence-electron chi connectivity index (χ2n) is 12.9. The Kier molecular flexibility index (Phi) is 5.96. The van der Waals surface area contributed by atoms with Crippen LogP contribution >= 0.6 is 0 Å². The highest BCUT2D eigenvalue weighted by Crippen LogP contribution is 2.50. The van der Waals surface area contributed by atoms with Crippen LogP contribution in [0.15, 0.2) is 198 Å². The predicted molar refractivity (Wildman–Crippen MR) is 216 cm³/mol. The van der Waals surface area contributed by atoms with Gasteiger partial charge in [0.2, 0.25) is 0 Å². The molecular weight excluding hydrogens is 617 g/mol. The van der Waals surface area contributed by atoms with Crippen molar-refractivity contribution < 1.29 is 9.90 Å². The lowest BCUT2D eigenvalue weighted by Crippen LogP contribution is -1.95. The molecule has 10 aromatic rings. The summed E-state index contributed by atoms with van der Waals surface area (Å²) < 4.78 is 43.9. The van der Waals surface area contributed by atoms with Crippen molar-refractivity contribution in [2.24, 2.45) is 0 Å². The molecule has 0 amide bonds. The SMILES string of the molecule is [2H]c1c([2H])c([2H])c2c(-c3cccc4oc5cc(-c6ccccc6)ccc5c34)c3ccccc3c(-c3c(-c4ccccc4)cccc3-c3ccccc3)c2c1[2H]. The van der Waals surface area contributed by atoms with Gasteiger partial charge in [-0.1, -0.05) is 176 Å². The fourth-order valence-electron chi connectivity index (χ4n) is 7.80. The maximum Gasteiger partial charge on any atom is 0.136 e. The molecule has 0 fully saturated rings. The van der Waals surface area contributed by atoms with Crippen LogP contribution < -0.4 is 0 Å². The number of rotatable bonds is 5. The summed E-state index contributed by atoms with van der Waals surface area (Å²) in [5, 5.41) is 4.58. The molecule has 10 rings (SSSR count). The summed E-state index contributed by atoms with van der Waals surface area (Å²) in [7, 11) is 0. The second kappa shape index (κ2) is 12.0. The lowest BCUT2D eigenvalue weighted by atomic mass is 9.80. The average Bonchev–Trinajstić information content (AvgIpc) is 3.63. The van der Waals surface area contributed by atoms with Crippen LogP contribution in [0.3, 0.4) is 0 Å². The van der Waals surface area contributed by atoms with Crippen LogP contribution in [-0.4, -0.2) is 0 Å². The van der Waals surface area contributed by atoms with Crippen LogP contribution in [0.1, 0.15) is 5.48 Å². The Morgan fingerprint density at radius 2 is 0.863 bits per heavy atom. The first kappa shape index (κ1) is 25.3. The highest BCUT2D eigenvalue weighted by atomic mass is 16.3. The van der Waals surface area contributed by atoms with Crippen molar-refractivity contribution in [1.82, 2.24) is 0 Å². The topological polar surface area (TPSA) is 13.1 Å². The fraction of sp³-hybridized carbons (Fsp3) is 0. The zero-order valence-corrected chi connectivity index (χ0v) is 27.6. The zero-order valence-electron chi connectivity index (χ0n) is 31.6. The van der Waals surface area contributed by atoms with Crippen LogP contribution in [0, 0.1) is 0 Å². The van der Waals surface area contributed by atoms with Gasteiger partial charge in [-0.15, -0.1) is 0 Å². The first-order chi connectivity index (χ1) is 27.0. The minimum Gasteiger partial charge on any atom is -0.456 e. The van der Waals surface area contributed by atoms with Gasteiger partial charge in [0, 0.05) is 10.8 Å². The zero-order chi connectivity index (χ0) is 37.2. The third-order valence-electron chi connectivity index (χ3n) is 10.0. The van der Waals surface area contributed by atoms with Gasteiger partial charge >= 0.3 is 0 Å². The normalized spacial score (nSPS) is 12.6. The quantitative estimate of drug-likeness (QED) is 0.169. The Labute approximate surface area is 302 Å². The molecule has 0 N–H and O–H groups in total. The maximum absolute atomic E-state index is 9.66. The fourth-order valence-corrected chi connectivity index (χ4v) is 7.80. The number of fused-ring (bicyclic) bond motifs is 5. The molecule has 0 saturated heterocycles. The van der Waals surface area contributed by atoms with E-state index in [2.05, 4.69) is 91.0 Å². The van der Waals surface area contributed by atoms with E-state index >= 15 is 0 Å². The van der Waals surface area contributed by atoms with Crippen molar-refractivity contribution in [2.45, 2.75) is 0 Å². The Hall–Kier alpha value is -6.70. The Morgan fingerprint density at radius 1 is 0.333 bits per heavy atom. The van der Waals surface area contributed by atoms with Gasteiger partial charge in [-0.25, -0.2) is 0 Å². The van der Waals surface area contributed by atoms with Gasteiger partial charge in [-0.05, 0) is 95.4 Å². The molecule has 0 aliphatic heterocycles. The molecule has 0 radical (unpaired) electrons. The third kappa shape index (κ3) is 4.78.